The standard InChI is InChI=1S/C24H20ClFN2O2/c25-18-9-5-16(6-10-18)13-14-28-22(20-3-1-2-4-21(20)24(28)30)23(29)27-15-17-7-11-19(26)12-8-17/h1-12,22H,13-15H2,(H,27,29). The Bertz CT molecular complexity index is 1070. The van der Waals surface area contributed by atoms with Crippen molar-refractivity contribution >= 4 is 23.4 Å². The lowest BCUT2D eigenvalue weighted by atomic mass is 10.0. The van der Waals surface area contributed by atoms with E-state index < -0.39 is 6.04 Å². The normalized spacial score (nSPS) is 15.2. The Balaban J connectivity index is 1.52. The third kappa shape index (κ3) is 4.21. The Labute approximate surface area is 179 Å². The van der Waals surface area contributed by atoms with Gasteiger partial charge >= 0.3 is 0 Å². The van der Waals surface area contributed by atoms with Crippen LogP contribution in [0.2, 0.25) is 5.02 Å². The molecule has 1 atom stereocenters. The van der Waals surface area contributed by atoms with Gasteiger partial charge in [0.05, 0.1) is 0 Å². The summed E-state index contributed by atoms with van der Waals surface area (Å²) in [4.78, 5) is 27.7. The molecule has 1 heterocycles. The molecule has 0 aromatic heterocycles. The summed E-state index contributed by atoms with van der Waals surface area (Å²) in [6, 6.07) is 19.9. The van der Waals surface area contributed by atoms with Gasteiger partial charge in [0.1, 0.15) is 11.9 Å². The van der Waals surface area contributed by atoms with Crippen molar-refractivity contribution in [2.24, 2.45) is 0 Å². The summed E-state index contributed by atoms with van der Waals surface area (Å²) >= 11 is 5.94. The number of nitrogens with one attached hydrogen (secondary N) is 1. The summed E-state index contributed by atoms with van der Waals surface area (Å²) in [5.74, 6) is -0.732. The van der Waals surface area contributed by atoms with Crippen LogP contribution in [0, 0.1) is 5.82 Å². The van der Waals surface area contributed by atoms with E-state index in [1.54, 1.807) is 29.2 Å². The molecule has 1 aliphatic heterocycles. The van der Waals surface area contributed by atoms with Crippen molar-refractivity contribution in [3.63, 3.8) is 0 Å². The van der Waals surface area contributed by atoms with Gasteiger partial charge in [-0.25, -0.2) is 4.39 Å². The van der Waals surface area contributed by atoms with Crippen LogP contribution in [0.4, 0.5) is 4.39 Å². The number of rotatable bonds is 6. The summed E-state index contributed by atoms with van der Waals surface area (Å²) in [6.45, 7) is 0.667. The molecular formula is C24H20ClFN2O2. The summed E-state index contributed by atoms with van der Waals surface area (Å²) in [7, 11) is 0. The van der Waals surface area contributed by atoms with Crippen LogP contribution < -0.4 is 5.32 Å². The number of nitrogens with zero attached hydrogens (tertiary/aromatic N) is 1. The highest BCUT2D eigenvalue weighted by Crippen LogP contribution is 2.34. The van der Waals surface area contributed by atoms with Crippen molar-refractivity contribution in [1.29, 1.82) is 0 Å². The smallest absolute Gasteiger partial charge is 0.255 e. The molecule has 1 unspecified atom stereocenters. The maximum absolute atomic E-state index is 13.1. The van der Waals surface area contributed by atoms with Crippen LogP contribution in [-0.2, 0) is 17.8 Å². The highest BCUT2D eigenvalue weighted by atomic mass is 35.5. The molecule has 2 amide bonds. The van der Waals surface area contributed by atoms with E-state index in [0.717, 1.165) is 11.1 Å². The van der Waals surface area contributed by atoms with Crippen LogP contribution in [0.1, 0.15) is 33.1 Å². The predicted molar refractivity (Wildman–Crippen MR) is 114 cm³/mol. The Hall–Kier alpha value is -3.18. The number of carbonyl (C=O) groups is 2. The number of hydrogen-bond acceptors (Lipinski definition) is 2. The van der Waals surface area contributed by atoms with Crippen molar-refractivity contribution in [2.45, 2.75) is 19.0 Å². The zero-order valence-electron chi connectivity index (χ0n) is 16.1. The number of halogens is 2. The molecule has 4 rings (SSSR count). The third-order valence-corrected chi connectivity index (χ3v) is 5.49. The molecule has 0 radical (unpaired) electrons. The molecule has 152 valence electrons. The van der Waals surface area contributed by atoms with E-state index in [-0.39, 0.29) is 24.2 Å². The summed E-state index contributed by atoms with van der Waals surface area (Å²) in [6.07, 6.45) is 0.610. The molecule has 0 spiro atoms. The first-order valence-electron chi connectivity index (χ1n) is 9.69. The highest BCUT2D eigenvalue weighted by Gasteiger charge is 2.40. The van der Waals surface area contributed by atoms with E-state index in [0.29, 0.717) is 29.1 Å². The van der Waals surface area contributed by atoms with Gasteiger partial charge in [-0.05, 0) is 53.4 Å². The van der Waals surface area contributed by atoms with Gasteiger partial charge in [-0.1, -0.05) is 54.1 Å². The van der Waals surface area contributed by atoms with E-state index in [1.165, 1.54) is 12.1 Å². The first-order chi connectivity index (χ1) is 14.5. The van der Waals surface area contributed by atoms with E-state index in [9.17, 15) is 14.0 Å². The lowest BCUT2D eigenvalue weighted by molar-refractivity contribution is -0.125. The molecule has 1 N–H and O–H groups in total. The van der Waals surface area contributed by atoms with Crippen molar-refractivity contribution in [1.82, 2.24) is 10.2 Å². The average Bonchev–Trinajstić information content (AvgIpc) is 3.05. The maximum atomic E-state index is 13.1. The Kier molecular flexibility index (Phi) is 5.81. The van der Waals surface area contributed by atoms with E-state index in [2.05, 4.69) is 5.32 Å². The van der Waals surface area contributed by atoms with Gasteiger partial charge in [0.15, 0.2) is 0 Å². The molecule has 30 heavy (non-hydrogen) atoms. The quantitative estimate of drug-likeness (QED) is 0.634. The Morgan fingerprint density at radius 3 is 2.37 bits per heavy atom. The minimum Gasteiger partial charge on any atom is -0.350 e. The van der Waals surface area contributed by atoms with Gasteiger partial charge in [0.25, 0.3) is 5.91 Å². The van der Waals surface area contributed by atoms with Gasteiger partial charge in [0.2, 0.25) is 5.91 Å². The average molecular weight is 423 g/mol. The number of benzene rings is 3. The van der Waals surface area contributed by atoms with Crippen molar-refractivity contribution in [2.75, 3.05) is 6.54 Å². The van der Waals surface area contributed by atoms with Crippen LogP contribution in [-0.4, -0.2) is 23.3 Å². The fraction of sp³-hybridized carbons (Fsp3) is 0.167. The van der Waals surface area contributed by atoms with Crippen molar-refractivity contribution < 1.29 is 14.0 Å². The summed E-state index contributed by atoms with van der Waals surface area (Å²) in [5.41, 5.74) is 3.08. The van der Waals surface area contributed by atoms with Crippen LogP contribution in [0.25, 0.3) is 0 Å². The Morgan fingerprint density at radius 1 is 0.967 bits per heavy atom. The van der Waals surface area contributed by atoms with Gasteiger partial charge < -0.3 is 10.2 Å². The molecule has 0 fully saturated rings. The molecule has 6 heteroatoms. The minimum atomic E-state index is -0.693. The van der Waals surface area contributed by atoms with Crippen LogP contribution in [0.5, 0.6) is 0 Å². The molecule has 3 aromatic carbocycles. The molecule has 3 aromatic rings. The van der Waals surface area contributed by atoms with Crippen LogP contribution >= 0.6 is 11.6 Å². The fourth-order valence-corrected chi connectivity index (χ4v) is 3.80. The molecule has 0 saturated carbocycles. The monoisotopic (exact) mass is 422 g/mol. The lowest BCUT2D eigenvalue weighted by Gasteiger charge is -2.25. The second-order valence-electron chi connectivity index (χ2n) is 7.21. The second-order valence-corrected chi connectivity index (χ2v) is 7.65. The molecule has 0 saturated heterocycles. The fourth-order valence-electron chi connectivity index (χ4n) is 3.67. The number of hydrogen-bond donors (Lipinski definition) is 1. The van der Waals surface area contributed by atoms with Gasteiger partial charge in [0, 0.05) is 23.7 Å². The topological polar surface area (TPSA) is 49.4 Å². The maximum Gasteiger partial charge on any atom is 0.255 e. The van der Waals surface area contributed by atoms with Gasteiger partial charge in [-0.15, -0.1) is 0 Å². The predicted octanol–water partition coefficient (Wildman–Crippen LogP) is 4.54. The molecule has 0 aliphatic carbocycles. The second kappa shape index (κ2) is 8.67. The zero-order chi connectivity index (χ0) is 21.1. The number of amides is 2. The van der Waals surface area contributed by atoms with E-state index >= 15 is 0 Å². The van der Waals surface area contributed by atoms with Gasteiger partial charge in [-0.2, -0.15) is 0 Å². The molecule has 0 bridgehead atoms. The highest BCUT2D eigenvalue weighted by molar-refractivity contribution is 6.30. The van der Waals surface area contributed by atoms with Crippen molar-refractivity contribution in [3.05, 3.63) is 106 Å². The SMILES string of the molecule is O=C(NCc1ccc(F)cc1)C1c2ccccc2C(=O)N1CCc1ccc(Cl)cc1. The van der Waals surface area contributed by atoms with Crippen LogP contribution in [0.3, 0.4) is 0 Å². The minimum absolute atomic E-state index is 0.151. The first kappa shape index (κ1) is 20.1. The third-order valence-electron chi connectivity index (χ3n) is 5.24. The van der Waals surface area contributed by atoms with E-state index in [4.69, 9.17) is 11.6 Å². The largest absolute Gasteiger partial charge is 0.350 e. The number of carbonyl (C=O) groups excluding carboxylic acids is 2. The van der Waals surface area contributed by atoms with Crippen LogP contribution in [0.15, 0.2) is 72.8 Å². The molecule has 4 nitrogen and oxygen atoms in total. The zero-order valence-corrected chi connectivity index (χ0v) is 16.9. The first-order valence-corrected chi connectivity index (χ1v) is 10.1. The Morgan fingerprint density at radius 2 is 1.63 bits per heavy atom. The molecule has 1 aliphatic rings. The lowest BCUT2D eigenvalue weighted by Crippen LogP contribution is -2.39. The van der Waals surface area contributed by atoms with Crippen molar-refractivity contribution in [3.8, 4) is 0 Å². The van der Waals surface area contributed by atoms with E-state index in [1.807, 2.05) is 36.4 Å². The summed E-state index contributed by atoms with van der Waals surface area (Å²) < 4.78 is 13.1. The summed E-state index contributed by atoms with van der Waals surface area (Å²) in [5, 5.41) is 3.54. The van der Waals surface area contributed by atoms with Gasteiger partial charge in [-0.3, -0.25) is 9.59 Å². The number of fused-ring (bicyclic) bond motifs is 1. The molecular weight excluding hydrogens is 403 g/mol.